The number of carboxylic acid groups (broad SMARTS) is 1. The molecule has 1 unspecified atom stereocenters. The molecule has 1 aliphatic carbocycles. The molecule has 5 heteroatoms. The van der Waals surface area contributed by atoms with Crippen LogP contribution in [0.3, 0.4) is 0 Å². The summed E-state index contributed by atoms with van der Waals surface area (Å²) < 4.78 is 4.94. The lowest BCUT2D eigenvalue weighted by Crippen LogP contribution is -2.30. The number of carbonyl (C=O) groups is 1. The van der Waals surface area contributed by atoms with Crippen LogP contribution in [0.2, 0.25) is 0 Å². The van der Waals surface area contributed by atoms with Gasteiger partial charge in [0, 0.05) is 12.3 Å². The summed E-state index contributed by atoms with van der Waals surface area (Å²) in [6, 6.07) is 2.71. The van der Waals surface area contributed by atoms with Crippen LogP contribution in [0.15, 0.2) is 18.3 Å². The molecular weight excluding hydrogens is 220 g/mol. The number of hydrogen-bond acceptors (Lipinski definition) is 4. The number of nitrogens with zero attached hydrogens (tertiary/aromatic N) is 1. The summed E-state index contributed by atoms with van der Waals surface area (Å²) in [7, 11) is 1.53. The lowest BCUT2D eigenvalue weighted by molar-refractivity contribution is -0.139. The van der Waals surface area contributed by atoms with E-state index < -0.39 is 12.0 Å². The van der Waals surface area contributed by atoms with Gasteiger partial charge in [-0.15, -0.1) is 0 Å². The fraction of sp³-hybridized carbons (Fsp3) is 0.500. The Bertz CT molecular complexity index is 387. The minimum Gasteiger partial charge on any atom is -0.481 e. The van der Waals surface area contributed by atoms with E-state index in [0.717, 1.165) is 6.54 Å². The smallest absolute Gasteiger partial charge is 0.325 e. The quantitative estimate of drug-likeness (QED) is 0.777. The summed E-state index contributed by atoms with van der Waals surface area (Å²) in [5.74, 6) is 0.251. The fourth-order valence-corrected chi connectivity index (χ4v) is 1.64. The molecule has 1 atom stereocenters. The summed E-state index contributed by atoms with van der Waals surface area (Å²) in [5.41, 5.74) is 0.652. The molecular formula is C12H16N2O3. The molecule has 0 aliphatic heterocycles. The SMILES string of the molecule is COc1ccc(C(NCC2CC2)C(=O)O)cn1. The first-order chi connectivity index (χ1) is 8.20. The normalized spacial score (nSPS) is 16.5. The van der Waals surface area contributed by atoms with Gasteiger partial charge in [0.05, 0.1) is 7.11 Å². The van der Waals surface area contributed by atoms with Gasteiger partial charge >= 0.3 is 5.97 Å². The van der Waals surface area contributed by atoms with E-state index in [-0.39, 0.29) is 0 Å². The Morgan fingerprint density at radius 1 is 1.65 bits per heavy atom. The van der Waals surface area contributed by atoms with Gasteiger partial charge in [-0.1, -0.05) is 0 Å². The third-order valence-electron chi connectivity index (χ3n) is 2.86. The Hall–Kier alpha value is -1.62. The second-order valence-corrected chi connectivity index (χ2v) is 4.26. The summed E-state index contributed by atoms with van der Waals surface area (Å²) >= 11 is 0. The largest absolute Gasteiger partial charge is 0.481 e. The molecule has 5 nitrogen and oxygen atoms in total. The van der Waals surface area contributed by atoms with Crippen LogP contribution in [0.5, 0.6) is 5.88 Å². The van der Waals surface area contributed by atoms with Crippen LogP contribution in [0.25, 0.3) is 0 Å². The van der Waals surface area contributed by atoms with Crippen molar-refractivity contribution in [2.45, 2.75) is 18.9 Å². The van der Waals surface area contributed by atoms with Gasteiger partial charge in [-0.2, -0.15) is 0 Å². The Kier molecular flexibility index (Phi) is 3.58. The van der Waals surface area contributed by atoms with Gasteiger partial charge in [0.15, 0.2) is 0 Å². The molecule has 17 heavy (non-hydrogen) atoms. The van der Waals surface area contributed by atoms with Crippen LogP contribution in [0.4, 0.5) is 0 Å². The molecule has 1 fully saturated rings. The maximum atomic E-state index is 11.2. The van der Waals surface area contributed by atoms with Crippen molar-refractivity contribution in [3.8, 4) is 5.88 Å². The van der Waals surface area contributed by atoms with Gasteiger partial charge in [0.2, 0.25) is 5.88 Å². The van der Waals surface area contributed by atoms with Crippen LogP contribution >= 0.6 is 0 Å². The molecule has 0 amide bonds. The van der Waals surface area contributed by atoms with Gasteiger partial charge in [0.1, 0.15) is 6.04 Å². The Labute approximate surface area is 99.8 Å². The highest BCUT2D eigenvalue weighted by atomic mass is 16.5. The number of methoxy groups -OCH3 is 1. The number of aliphatic carboxylic acids is 1. The first kappa shape index (κ1) is 11.9. The molecule has 2 rings (SSSR count). The van der Waals surface area contributed by atoms with Crippen molar-refractivity contribution in [1.82, 2.24) is 10.3 Å². The van der Waals surface area contributed by atoms with Crippen LogP contribution in [0.1, 0.15) is 24.4 Å². The average Bonchev–Trinajstić information content (AvgIpc) is 3.14. The minimum absolute atomic E-state index is 0.486. The number of rotatable bonds is 6. The molecule has 0 spiro atoms. The third-order valence-corrected chi connectivity index (χ3v) is 2.86. The maximum absolute atomic E-state index is 11.2. The highest BCUT2D eigenvalue weighted by molar-refractivity contribution is 5.75. The minimum atomic E-state index is -0.877. The number of carboxylic acids is 1. The maximum Gasteiger partial charge on any atom is 0.325 e. The summed E-state index contributed by atoms with van der Waals surface area (Å²) in [4.78, 5) is 15.2. The number of aromatic nitrogens is 1. The predicted molar refractivity (Wildman–Crippen MR) is 61.9 cm³/mol. The van der Waals surface area contributed by atoms with E-state index in [2.05, 4.69) is 10.3 Å². The summed E-state index contributed by atoms with van der Waals surface area (Å²) in [6.07, 6.45) is 3.93. The molecule has 0 aromatic carbocycles. The van der Waals surface area contributed by atoms with Crippen molar-refractivity contribution in [3.05, 3.63) is 23.9 Å². The Morgan fingerprint density at radius 2 is 2.41 bits per heavy atom. The van der Waals surface area contributed by atoms with Gasteiger partial charge in [0.25, 0.3) is 0 Å². The van der Waals surface area contributed by atoms with Crippen molar-refractivity contribution in [2.75, 3.05) is 13.7 Å². The standard InChI is InChI=1S/C12H16N2O3/c1-17-10-5-4-9(7-13-10)11(12(15)16)14-6-8-2-3-8/h4-5,7-8,11,14H,2-3,6H2,1H3,(H,15,16). The lowest BCUT2D eigenvalue weighted by Gasteiger charge is -2.14. The molecule has 92 valence electrons. The third kappa shape index (κ3) is 3.17. The van der Waals surface area contributed by atoms with Gasteiger partial charge in [-0.05, 0) is 36.9 Å². The van der Waals surface area contributed by atoms with Gasteiger partial charge < -0.3 is 15.2 Å². The lowest BCUT2D eigenvalue weighted by atomic mass is 10.1. The van der Waals surface area contributed by atoms with Crippen LogP contribution < -0.4 is 10.1 Å². The van der Waals surface area contributed by atoms with Crippen molar-refractivity contribution >= 4 is 5.97 Å². The monoisotopic (exact) mass is 236 g/mol. The van der Waals surface area contributed by atoms with E-state index in [4.69, 9.17) is 9.84 Å². The number of pyridine rings is 1. The van der Waals surface area contributed by atoms with Crippen molar-refractivity contribution in [2.24, 2.45) is 5.92 Å². The van der Waals surface area contributed by atoms with Crippen LogP contribution in [0, 0.1) is 5.92 Å². The second kappa shape index (κ2) is 5.14. The molecule has 1 aromatic heterocycles. The first-order valence-electron chi connectivity index (χ1n) is 5.67. The summed E-state index contributed by atoms with van der Waals surface area (Å²) in [5, 5.41) is 12.2. The molecule has 0 saturated heterocycles. The van der Waals surface area contributed by atoms with E-state index in [0.29, 0.717) is 17.4 Å². The highest BCUT2D eigenvalue weighted by Gasteiger charge is 2.25. The zero-order valence-electron chi connectivity index (χ0n) is 9.72. The zero-order chi connectivity index (χ0) is 12.3. The van der Waals surface area contributed by atoms with Crippen molar-refractivity contribution in [1.29, 1.82) is 0 Å². The second-order valence-electron chi connectivity index (χ2n) is 4.26. The van der Waals surface area contributed by atoms with Crippen LogP contribution in [-0.2, 0) is 4.79 Å². The zero-order valence-corrected chi connectivity index (χ0v) is 9.72. The van der Waals surface area contributed by atoms with E-state index in [1.165, 1.54) is 26.1 Å². The van der Waals surface area contributed by atoms with E-state index in [9.17, 15) is 4.79 Å². The molecule has 1 saturated carbocycles. The Morgan fingerprint density at radius 3 is 2.88 bits per heavy atom. The average molecular weight is 236 g/mol. The van der Waals surface area contributed by atoms with Gasteiger partial charge in [-0.3, -0.25) is 4.79 Å². The van der Waals surface area contributed by atoms with E-state index >= 15 is 0 Å². The van der Waals surface area contributed by atoms with Gasteiger partial charge in [-0.25, -0.2) is 4.98 Å². The summed E-state index contributed by atoms with van der Waals surface area (Å²) in [6.45, 7) is 0.753. The van der Waals surface area contributed by atoms with Crippen molar-refractivity contribution < 1.29 is 14.6 Å². The number of hydrogen-bond donors (Lipinski definition) is 2. The topological polar surface area (TPSA) is 71.5 Å². The molecule has 1 aliphatic rings. The predicted octanol–water partition coefficient (Wildman–Crippen LogP) is 1.22. The first-order valence-corrected chi connectivity index (χ1v) is 5.67. The molecule has 1 aromatic rings. The van der Waals surface area contributed by atoms with E-state index in [1.807, 2.05) is 0 Å². The highest BCUT2D eigenvalue weighted by Crippen LogP contribution is 2.28. The number of nitrogens with one attached hydrogen (secondary N) is 1. The molecule has 0 bridgehead atoms. The fourth-order valence-electron chi connectivity index (χ4n) is 1.64. The molecule has 0 radical (unpaired) electrons. The Balaban J connectivity index is 2.04. The number of ether oxygens (including phenoxy) is 1. The molecule has 1 heterocycles. The molecule has 2 N–H and O–H groups in total. The van der Waals surface area contributed by atoms with Crippen molar-refractivity contribution in [3.63, 3.8) is 0 Å². The van der Waals surface area contributed by atoms with E-state index in [1.54, 1.807) is 12.1 Å². The van der Waals surface area contributed by atoms with Crippen LogP contribution in [-0.4, -0.2) is 29.7 Å².